The molecule has 0 aliphatic heterocycles. The highest BCUT2D eigenvalue weighted by molar-refractivity contribution is 7.80. The van der Waals surface area contributed by atoms with Crippen molar-refractivity contribution in [2.24, 2.45) is 0 Å². The maximum Gasteiger partial charge on any atom is 0.274 e. The average Bonchev–Trinajstić information content (AvgIpc) is 2.45. The van der Waals surface area contributed by atoms with Gasteiger partial charge in [-0.1, -0.05) is 12.1 Å². The zero-order chi connectivity index (χ0) is 15.2. The summed E-state index contributed by atoms with van der Waals surface area (Å²) in [6, 6.07) is 7.25. The van der Waals surface area contributed by atoms with Crippen LogP contribution in [0.5, 0.6) is 0 Å². The van der Waals surface area contributed by atoms with Crippen LogP contribution in [0.2, 0.25) is 0 Å². The maximum atomic E-state index is 11.8. The highest BCUT2D eigenvalue weighted by Crippen LogP contribution is 2.06. The zero-order valence-corrected chi connectivity index (χ0v) is 12.0. The number of carbonyl (C=O) groups is 1. The van der Waals surface area contributed by atoms with Crippen molar-refractivity contribution in [2.45, 2.75) is 6.92 Å². The monoisotopic (exact) mass is 303 g/mol. The molecule has 0 aliphatic carbocycles. The third-order valence-corrected chi connectivity index (χ3v) is 2.65. The lowest BCUT2D eigenvalue weighted by molar-refractivity contribution is -0.119. The molecule has 7 nitrogen and oxygen atoms in total. The summed E-state index contributed by atoms with van der Waals surface area (Å²) in [5.41, 5.74) is 6.12. The van der Waals surface area contributed by atoms with Crippen LogP contribution in [-0.4, -0.2) is 21.0 Å². The molecule has 1 aromatic heterocycles. The van der Waals surface area contributed by atoms with Gasteiger partial charge in [0.25, 0.3) is 5.56 Å². The van der Waals surface area contributed by atoms with E-state index in [1.807, 2.05) is 12.1 Å². The molecule has 0 radical (unpaired) electrons. The number of hydrogen-bond donors (Lipinski definition) is 4. The van der Waals surface area contributed by atoms with Gasteiger partial charge in [-0.05, 0) is 30.4 Å². The van der Waals surface area contributed by atoms with Gasteiger partial charge in [0.2, 0.25) is 5.91 Å². The Morgan fingerprint density at radius 1 is 1.33 bits per heavy atom. The molecule has 2 rings (SSSR count). The number of carbonyl (C=O) groups excluding carboxylic acids is 1. The Kier molecular flexibility index (Phi) is 4.62. The molecule has 0 unspecified atom stereocenters. The SMILES string of the molecule is CC(=O)NNC(=S)N/C=C/c1nc2ccccc2[nH]c1=O. The number of hydrazine groups is 1. The molecule has 0 saturated heterocycles. The van der Waals surface area contributed by atoms with Gasteiger partial charge in [-0.25, -0.2) is 4.98 Å². The Labute approximate surface area is 125 Å². The number of nitrogens with one attached hydrogen (secondary N) is 4. The van der Waals surface area contributed by atoms with E-state index >= 15 is 0 Å². The van der Waals surface area contributed by atoms with Crippen LogP contribution in [-0.2, 0) is 4.79 Å². The molecular formula is C13H13N5O2S. The second-order valence-electron chi connectivity index (χ2n) is 4.08. The molecule has 21 heavy (non-hydrogen) atoms. The third-order valence-electron chi connectivity index (χ3n) is 2.43. The Hall–Kier alpha value is -2.74. The van der Waals surface area contributed by atoms with Crippen LogP contribution in [0.1, 0.15) is 12.6 Å². The number of benzene rings is 1. The fourth-order valence-corrected chi connectivity index (χ4v) is 1.65. The van der Waals surface area contributed by atoms with Gasteiger partial charge in [-0.15, -0.1) is 0 Å². The van der Waals surface area contributed by atoms with Gasteiger partial charge < -0.3 is 10.3 Å². The molecule has 108 valence electrons. The molecule has 0 aliphatic rings. The van der Waals surface area contributed by atoms with Crippen molar-refractivity contribution in [2.75, 3.05) is 0 Å². The number of para-hydroxylation sites is 2. The van der Waals surface area contributed by atoms with Gasteiger partial charge in [0, 0.05) is 13.1 Å². The van der Waals surface area contributed by atoms with Gasteiger partial charge in [0.1, 0.15) is 5.69 Å². The van der Waals surface area contributed by atoms with Crippen molar-refractivity contribution in [3.05, 3.63) is 46.5 Å². The lowest BCUT2D eigenvalue weighted by Crippen LogP contribution is -2.44. The fourth-order valence-electron chi connectivity index (χ4n) is 1.53. The lowest BCUT2D eigenvalue weighted by Gasteiger charge is -2.06. The first-order chi connectivity index (χ1) is 10.1. The van der Waals surface area contributed by atoms with Crippen LogP contribution in [0.25, 0.3) is 17.1 Å². The first-order valence-corrected chi connectivity index (χ1v) is 6.46. The van der Waals surface area contributed by atoms with Gasteiger partial charge in [0.15, 0.2) is 5.11 Å². The summed E-state index contributed by atoms with van der Waals surface area (Å²) in [4.78, 5) is 29.5. The summed E-state index contributed by atoms with van der Waals surface area (Å²) in [6.45, 7) is 1.35. The number of thiocarbonyl (C=S) groups is 1. The number of H-pyrrole nitrogens is 1. The van der Waals surface area contributed by atoms with E-state index in [4.69, 9.17) is 12.2 Å². The van der Waals surface area contributed by atoms with E-state index in [1.165, 1.54) is 19.2 Å². The fraction of sp³-hybridized carbons (Fsp3) is 0.0769. The number of amides is 1. The standard InChI is InChI=1S/C13H13N5O2S/c1-8(19)17-18-13(21)14-7-6-11-12(20)16-10-5-3-2-4-9(10)15-11/h2-7H,1H3,(H,16,20)(H,17,19)(H2,14,18,21)/b7-6+. The molecular weight excluding hydrogens is 290 g/mol. The van der Waals surface area contributed by atoms with Crippen molar-refractivity contribution in [3.8, 4) is 0 Å². The number of hydrogen-bond acceptors (Lipinski definition) is 4. The molecule has 8 heteroatoms. The molecule has 1 aromatic carbocycles. The van der Waals surface area contributed by atoms with Crippen LogP contribution < -0.4 is 21.7 Å². The molecule has 0 atom stereocenters. The van der Waals surface area contributed by atoms with Crippen LogP contribution in [0, 0.1) is 0 Å². The summed E-state index contributed by atoms with van der Waals surface area (Å²) in [5, 5.41) is 2.89. The summed E-state index contributed by atoms with van der Waals surface area (Å²) >= 11 is 4.90. The van der Waals surface area contributed by atoms with Gasteiger partial charge in [0.05, 0.1) is 11.0 Å². The van der Waals surface area contributed by atoms with Gasteiger partial charge in [-0.3, -0.25) is 20.4 Å². The highest BCUT2D eigenvalue weighted by Gasteiger charge is 2.00. The zero-order valence-electron chi connectivity index (χ0n) is 11.1. The van der Waals surface area contributed by atoms with E-state index in [9.17, 15) is 9.59 Å². The average molecular weight is 303 g/mol. The normalized spacial score (nSPS) is 10.5. The first-order valence-electron chi connectivity index (χ1n) is 6.05. The van der Waals surface area contributed by atoms with Crippen molar-refractivity contribution in [3.63, 3.8) is 0 Å². The third kappa shape index (κ3) is 4.11. The summed E-state index contributed by atoms with van der Waals surface area (Å²) < 4.78 is 0. The lowest BCUT2D eigenvalue weighted by atomic mass is 10.3. The molecule has 0 spiro atoms. The Bertz CT molecular complexity index is 768. The quantitative estimate of drug-likeness (QED) is 0.474. The number of rotatable bonds is 2. The molecule has 0 bridgehead atoms. The Morgan fingerprint density at radius 2 is 2.10 bits per heavy atom. The van der Waals surface area contributed by atoms with E-state index in [1.54, 1.807) is 12.1 Å². The molecule has 1 heterocycles. The van der Waals surface area contributed by atoms with Crippen molar-refractivity contribution in [1.29, 1.82) is 0 Å². The smallest absolute Gasteiger partial charge is 0.274 e. The van der Waals surface area contributed by atoms with E-state index in [2.05, 4.69) is 26.1 Å². The summed E-state index contributed by atoms with van der Waals surface area (Å²) in [6.07, 6.45) is 2.95. The summed E-state index contributed by atoms with van der Waals surface area (Å²) in [5.74, 6) is -0.268. The largest absolute Gasteiger partial charge is 0.338 e. The molecule has 0 saturated carbocycles. The molecule has 0 fully saturated rings. The minimum atomic E-state index is -0.299. The van der Waals surface area contributed by atoms with Crippen LogP contribution in [0.3, 0.4) is 0 Å². The van der Waals surface area contributed by atoms with E-state index < -0.39 is 0 Å². The minimum absolute atomic E-state index is 0.193. The van der Waals surface area contributed by atoms with E-state index in [-0.39, 0.29) is 22.3 Å². The second-order valence-corrected chi connectivity index (χ2v) is 4.49. The second kappa shape index (κ2) is 6.62. The maximum absolute atomic E-state index is 11.8. The molecule has 2 aromatic rings. The number of fused-ring (bicyclic) bond motifs is 1. The number of nitrogens with zero attached hydrogens (tertiary/aromatic N) is 1. The predicted molar refractivity (Wildman–Crippen MR) is 84.1 cm³/mol. The van der Waals surface area contributed by atoms with Crippen molar-refractivity contribution >= 4 is 40.3 Å². The van der Waals surface area contributed by atoms with E-state index in [0.717, 1.165) is 0 Å². The van der Waals surface area contributed by atoms with Crippen molar-refractivity contribution < 1.29 is 4.79 Å². The number of aromatic amines is 1. The molecule has 4 N–H and O–H groups in total. The van der Waals surface area contributed by atoms with Crippen molar-refractivity contribution in [1.82, 2.24) is 26.1 Å². The van der Waals surface area contributed by atoms with Crippen LogP contribution >= 0.6 is 12.2 Å². The van der Waals surface area contributed by atoms with Crippen LogP contribution in [0.15, 0.2) is 35.3 Å². The Balaban J connectivity index is 2.07. The number of aromatic nitrogens is 2. The molecule has 1 amide bonds. The topological polar surface area (TPSA) is 98.9 Å². The van der Waals surface area contributed by atoms with Gasteiger partial charge >= 0.3 is 0 Å². The first kappa shape index (κ1) is 14.7. The van der Waals surface area contributed by atoms with E-state index in [0.29, 0.717) is 11.0 Å². The minimum Gasteiger partial charge on any atom is -0.338 e. The van der Waals surface area contributed by atoms with Crippen LogP contribution in [0.4, 0.5) is 0 Å². The van der Waals surface area contributed by atoms with Gasteiger partial charge in [-0.2, -0.15) is 0 Å². The highest BCUT2D eigenvalue weighted by atomic mass is 32.1. The Morgan fingerprint density at radius 3 is 2.86 bits per heavy atom. The predicted octanol–water partition coefficient (Wildman–Crippen LogP) is 0.409. The summed E-state index contributed by atoms with van der Waals surface area (Å²) in [7, 11) is 0.